The maximum atomic E-state index is 9.10. The van der Waals surface area contributed by atoms with E-state index in [1.807, 2.05) is 45.9 Å². The van der Waals surface area contributed by atoms with Crippen LogP contribution in [0.4, 0.5) is 0 Å². The molecule has 0 unspecified atom stereocenters. The fraction of sp³-hybridized carbons (Fsp3) is 0.556. The number of hydrogen-bond donors (Lipinski definition) is 0. The lowest BCUT2D eigenvalue weighted by Crippen LogP contribution is -2.61. The predicted octanol–water partition coefficient (Wildman–Crippen LogP) is 4.31. The van der Waals surface area contributed by atoms with Crippen molar-refractivity contribution in [3.05, 3.63) is 35.9 Å². The number of rotatable bonds is 3. The second-order valence-electron chi connectivity index (χ2n) is 7.29. The van der Waals surface area contributed by atoms with Crippen LogP contribution in [0.3, 0.4) is 0 Å². The Balaban J connectivity index is 2.46. The first-order valence-electron chi connectivity index (χ1n) is 7.49. The fourth-order valence-electron chi connectivity index (χ4n) is 4.15. The molecule has 1 aromatic rings. The average molecular weight is 298 g/mol. The third-order valence-corrected chi connectivity index (χ3v) is 4.95. The van der Waals surface area contributed by atoms with Crippen LogP contribution in [0, 0.1) is 33.9 Å². The molecule has 1 saturated carbocycles. The molecule has 0 saturated heterocycles. The molecule has 1 aliphatic rings. The Morgan fingerprint density at radius 2 is 1.36 bits per heavy atom. The standard InChI is InChI=1S/C18H22N2O2/c1-16(2)10-15(14-8-6-5-7-9-14)11-17(3,4)18(16,21-12-19)22-13-20/h5-9,15H,10-11H2,1-4H3. The molecule has 0 aliphatic heterocycles. The molecule has 0 bridgehead atoms. The van der Waals surface area contributed by atoms with E-state index in [-0.39, 0.29) is 0 Å². The molecule has 0 radical (unpaired) electrons. The van der Waals surface area contributed by atoms with E-state index in [4.69, 9.17) is 20.0 Å². The van der Waals surface area contributed by atoms with Gasteiger partial charge >= 0.3 is 0 Å². The molecule has 1 aliphatic carbocycles. The highest BCUT2D eigenvalue weighted by molar-refractivity contribution is 5.23. The van der Waals surface area contributed by atoms with Crippen LogP contribution in [0.15, 0.2) is 30.3 Å². The molecule has 0 N–H and O–H groups in total. The van der Waals surface area contributed by atoms with Crippen LogP contribution in [-0.2, 0) is 9.47 Å². The molecular formula is C18H22N2O2. The summed E-state index contributed by atoms with van der Waals surface area (Å²) >= 11 is 0. The first-order chi connectivity index (χ1) is 10.3. The summed E-state index contributed by atoms with van der Waals surface area (Å²) in [5.74, 6) is -0.904. The molecular weight excluding hydrogens is 276 g/mol. The van der Waals surface area contributed by atoms with E-state index < -0.39 is 16.6 Å². The van der Waals surface area contributed by atoms with Crippen molar-refractivity contribution in [2.24, 2.45) is 10.8 Å². The normalized spacial score (nSPS) is 22.1. The molecule has 0 atom stereocenters. The minimum absolute atomic E-state index is 0.337. The smallest absolute Gasteiger partial charge is 0.290 e. The second-order valence-corrected chi connectivity index (χ2v) is 7.29. The van der Waals surface area contributed by atoms with Gasteiger partial charge in [-0.1, -0.05) is 58.0 Å². The Morgan fingerprint density at radius 3 is 1.77 bits per heavy atom. The van der Waals surface area contributed by atoms with Crippen molar-refractivity contribution in [1.82, 2.24) is 0 Å². The lowest BCUT2D eigenvalue weighted by Gasteiger charge is -2.56. The molecule has 0 spiro atoms. The Labute approximate surface area is 132 Å². The van der Waals surface area contributed by atoms with Crippen molar-refractivity contribution < 1.29 is 9.47 Å². The topological polar surface area (TPSA) is 66.0 Å². The maximum absolute atomic E-state index is 9.10. The van der Waals surface area contributed by atoms with Gasteiger partial charge in [-0.15, -0.1) is 0 Å². The van der Waals surface area contributed by atoms with Crippen LogP contribution < -0.4 is 0 Å². The highest BCUT2D eigenvalue weighted by Gasteiger charge is 2.64. The lowest BCUT2D eigenvalue weighted by atomic mass is 9.55. The van der Waals surface area contributed by atoms with Gasteiger partial charge in [-0.05, 0) is 24.3 Å². The Bertz CT molecular complexity index is 572. The fourth-order valence-corrected chi connectivity index (χ4v) is 4.15. The molecule has 1 fully saturated rings. The van der Waals surface area contributed by atoms with Gasteiger partial charge in [0.25, 0.3) is 18.3 Å². The van der Waals surface area contributed by atoms with Crippen LogP contribution in [0.2, 0.25) is 0 Å². The Kier molecular flexibility index (Phi) is 4.07. The van der Waals surface area contributed by atoms with Crippen molar-refractivity contribution in [3.8, 4) is 12.5 Å². The summed E-state index contributed by atoms with van der Waals surface area (Å²) in [6.07, 6.45) is 5.07. The van der Waals surface area contributed by atoms with Gasteiger partial charge in [-0.25, -0.2) is 0 Å². The second kappa shape index (κ2) is 5.54. The van der Waals surface area contributed by atoms with Gasteiger partial charge in [0.05, 0.1) is 0 Å². The summed E-state index contributed by atoms with van der Waals surface area (Å²) < 4.78 is 10.8. The molecule has 4 nitrogen and oxygen atoms in total. The third kappa shape index (κ3) is 2.40. The highest BCUT2D eigenvalue weighted by atomic mass is 16.7. The lowest BCUT2D eigenvalue weighted by molar-refractivity contribution is -0.308. The minimum atomic E-state index is -1.24. The number of nitrogens with zero attached hydrogens (tertiary/aromatic N) is 2. The summed E-state index contributed by atoms with van der Waals surface area (Å²) in [6.45, 7) is 7.99. The van der Waals surface area contributed by atoms with E-state index in [0.717, 1.165) is 12.8 Å². The van der Waals surface area contributed by atoms with E-state index >= 15 is 0 Å². The van der Waals surface area contributed by atoms with E-state index in [1.165, 1.54) is 5.56 Å². The van der Waals surface area contributed by atoms with Crippen LogP contribution >= 0.6 is 0 Å². The Hall–Kier alpha value is -2.20. The molecule has 116 valence electrons. The average Bonchev–Trinajstić information content (AvgIpc) is 2.45. The van der Waals surface area contributed by atoms with Crippen molar-refractivity contribution >= 4 is 0 Å². The molecule has 0 aromatic heterocycles. The molecule has 0 amide bonds. The van der Waals surface area contributed by atoms with Gasteiger partial charge in [-0.2, -0.15) is 10.5 Å². The van der Waals surface area contributed by atoms with E-state index in [2.05, 4.69) is 12.1 Å². The molecule has 4 heteroatoms. The van der Waals surface area contributed by atoms with Gasteiger partial charge in [0.15, 0.2) is 0 Å². The van der Waals surface area contributed by atoms with Crippen molar-refractivity contribution in [2.75, 3.05) is 0 Å². The molecule has 0 heterocycles. The quantitative estimate of drug-likeness (QED) is 0.616. The van der Waals surface area contributed by atoms with Gasteiger partial charge in [0.2, 0.25) is 0 Å². The predicted molar refractivity (Wildman–Crippen MR) is 82.1 cm³/mol. The minimum Gasteiger partial charge on any atom is -0.380 e. The van der Waals surface area contributed by atoms with Crippen molar-refractivity contribution in [2.45, 2.75) is 52.2 Å². The molecule has 22 heavy (non-hydrogen) atoms. The van der Waals surface area contributed by atoms with Gasteiger partial charge in [-0.3, -0.25) is 0 Å². The SMILES string of the molecule is CC1(C)CC(c2ccccc2)CC(C)(C)C1(OC#N)OC#N. The zero-order chi connectivity index (χ0) is 16.4. The zero-order valence-electron chi connectivity index (χ0n) is 13.6. The largest absolute Gasteiger partial charge is 0.380 e. The summed E-state index contributed by atoms with van der Waals surface area (Å²) in [4.78, 5) is 0. The number of hydrogen-bond acceptors (Lipinski definition) is 4. The van der Waals surface area contributed by atoms with Crippen LogP contribution in [0.5, 0.6) is 0 Å². The van der Waals surface area contributed by atoms with E-state index in [9.17, 15) is 0 Å². The van der Waals surface area contributed by atoms with Crippen molar-refractivity contribution in [3.63, 3.8) is 0 Å². The maximum Gasteiger partial charge on any atom is 0.290 e. The molecule has 1 aromatic carbocycles. The Morgan fingerprint density at radius 1 is 0.909 bits per heavy atom. The first-order valence-corrected chi connectivity index (χ1v) is 7.49. The summed E-state index contributed by atoms with van der Waals surface area (Å²) in [6, 6.07) is 10.3. The summed E-state index contributed by atoms with van der Waals surface area (Å²) in [7, 11) is 0. The monoisotopic (exact) mass is 298 g/mol. The number of benzene rings is 1. The number of nitriles is 2. The zero-order valence-corrected chi connectivity index (χ0v) is 13.6. The van der Waals surface area contributed by atoms with Gasteiger partial charge in [0.1, 0.15) is 0 Å². The highest BCUT2D eigenvalue weighted by Crippen LogP contribution is 2.60. The number of ether oxygens (including phenoxy) is 2. The molecule has 2 rings (SSSR count). The third-order valence-electron chi connectivity index (χ3n) is 4.95. The van der Waals surface area contributed by atoms with Crippen molar-refractivity contribution in [1.29, 1.82) is 10.5 Å². The van der Waals surface area contributed by atoms with E-state index in [0.29, 0.717) is 5.92 Å². The van der Waals surface area contributed by atoms with E-state index in [1.54, 1.807) is 12.5 Å². The van der Waals surface area contributed by atoms with Gasteiger partial charge < -0.3 is 9.47 Å². The van der Waals surface area contributed by atoms with Crippen LogP contribution in [0.25, 0.3) is 0 Å². The summed E-state index contributed by atoms with van der Waals surface area (Å²) in [5, 5.41) is 18.2. The summed E-state index contributed by atoms with van der Waals surface area (Å²) in [5.41, 5.74) is 0.299. The van der Waals surface area contributed by atoms with Crippen LogP contribution in [-0.4, -0.2) is 5.79 Å². The first kappa shape index (κ1) is 16.2. The van der Waals surface area contributed by atoms with Gasteiger partial charge in [0, 0.05) is 10.8 Å². The van der Waals surface area contributed by atoms with Crippen LogP contribution in [0.1, 0.15) is 52.0 Å².